The minimum absolute atomic E-state index is 0.271. The maximum absolute atomic E-state index is 10.6. The first-order chi connectivity index (χ1) is 8.41. The SMILES string of the molecule is C=C(C)C(=O)OCC.CCC(O)[N+](C)(C)S(=O)(=O)O. The van der Waals surface area contributed by atoms with Crippen molar-refractivity contribution in [2.24, 2.45) is 0 Å². The Kier molecular flexibility index (Phi) is 8.85. The fraction of sp³-hybridized carbons (Fsp3) is 0.727. The van der Waals surface area contributed by atoms with Gasteiger partial charge in [-0.15, -0.1) is 8.42 Å². The average molecular weight is 298 g/mol. The molecule has 0 aromatic carbocycles. The second-order valence-corrected chi connectivity index (χ2v) is 6.11. The number of quaternary nitrogens is 1. The van der Waals surface area contributed by atoms with Crippen LogP contribution in [-0.4, -0.2) is 54.9 Å². The molecule has 0 bridgehead atoms. The number of carbonyl (C=O) groups excluding carboxylic acids is 1. The van der Waals surface area contributed by atoms with Gasteiger partial charge in [0.25, 0.3) is 0 Å². The molecule has 0 aliphatic carbocycles. The van der Waals surface area contributed by atoms with E-state index in [9.17, 15) is 13.2 Å². The van der Waals surface area contributed by atoms with Gasteiger partial charge in [-0.05, 0) is 13.8 Å². The molecule has 0 saturated carbocycles. The van der Waals surface area contributed by atoms with E-state index in [1.165, 1.54) is 14.1 Å². The van der Waals surface area contributed by atoms with Crippen molar-refractivity contribution in [3.05, 3.63) is 12.2 Å². The lowest BCUT2D eigenvalue weighted by Crippen LogP contribution is -2.52. The van der Waals surface area contributed by atoms with Crippen molar-refractivity contribution in [2.75, 3.05) is 20.7 Å². The minimum atomic E-state index is -4.23. The van der Waals surface area contributed by atoms with Crippen molar-refractivity contribution in [2.45, 2.75) is 33.4 Å². The standard InChI is InChI=1S/C6H10O2.C5H13NO4S/c1-4-8-6(7)5(2)3;1-4-5(7)6(2,3)11(8,9)10/h2,4H2,1,3H3;5,7H,4H2,1-3H3/p+1. The number of aliphatic hydroxyl groups is 1. The normalized spacial score (nSPS) is 13.0. The van der Waals surface area contributed by atoms with E-state index in [0.717, 1.165) is 0 Å². The van der Waals surface area contributed by atoms with Gasteiger partial charge in [0.05, 0.1) is 20.7 Å². The monoisotopic (exact) mass is 298 g/mol. The summed E-state index contributed by atoms with van der Waals surface area (Å²) in [6.45, 7) is 8.84. The molecule has 0 aromatic rings. The van der Waals surface area contributed by atoms with E-state index in [4.69, 9.17) is 9.66 Å². The van der Waals surface area contributed by atoms with Crippen LogP contribution in [0.2, 0.25) is 0 Å². The Morgan fingerprint density at radius 1 is 1.37 bits per heavy atom. The number of rotatable bonds is 5. The van der Waals surface area contributed by atoms with Crippen LogP contribution in [0.25, 0.3) is 0 Å². The van der Waals surface area contributed by atoms with Crippen molar-refractivity contribution in [1.29, 1.82) is 0 Å². The molecule has 0 radical (unpaired) electrons. The van der Waals surface area contributed by atoms with Gasteiger partial charge in [-0.3, -0.25) is 0 Å². The van der Waals surface area contributed by atoms with Gasteiger partial charge in [-0.2, -0.15) is 3.89 Å². The van der Waals surface area contributed by atoms with Crippen LogP contribution in [0.5, 0.6) is 0 Å². The van der Waals surface area contributed by atoms with Gasteiger partial charge in [-0.25, -0.2) is 9.35 Å². The van der Waals surface area contributed by atoms with E-state index in [-0.39, 0.29) is 12.4 Å². The largest absolute Gasteiger partial charge is 0.463 e. The van der Waals surface area contributed by atoms with Crippen LogP contribution in [0.15, 0.2) is 12.2 Å². The molecule has 8 heteroatoms. The second-order valence-electron chi connectivity index (χ2n) is 4.27. The van der Waals surface area contributed by atoms with Crippen molar-refractivity contribution in [1.82, 2.24) is 0 Å². The molecule has 1 atom stereocenters. The molecule has 0 rings (SSSR count). The van der Waals surface area contributed by atoms with E-state index in [2.05, 4.69) is 11.3 Å². The third-order valence-corrected chi connectivity index (χ3v) is 3.73. The Morgan fingerprint density at radius 2 is 1.79 bits per heavy atom. The Morgan fingerprint density at radius 3 is 1.89 bits per heavy atom. The lowest BCUT2D eigenvalue weighted by Gasteiger charge is -2.28. The zero-order valence-electron chi connectivity index (χ0n) is 12.1. The summed E-state index contributed by atoms with van der Waals surface area (Å²) in [6, 6.07) is 0. The highest BCUT2D eigenvalue weighted by Gasteiger charge is 2.37. The van der Waals surface area contributed by atoms with Gasteiger partial charge in [0, 0.05) is 12.0 Å². The average Bonchev–Trinajstić information content (AvgIpc) is 2.27. The molecular formula is C11H24NO6S+. The van der Waals surface area contributed by atoms with Crippen LogP contribution in [0.1, 0.15) is 27.2 Å². The predicted molar refractivity (Wildman–Crippen MR) is 71.4 cm³/mol. The number of nitrogens with zero attached hydrogens (tertiary/aromatic N) is 1. The molecule has 19 heavy (non-hydrogen) atoms. The van der Waals surface area contributed by atoms with E-state index >= 15 is 0 Å². The van der Waals surface area contributed by atoms with Gasteiger partial charge in [0.15, 0.2) is 0 Å². The van der Waals surface area contributed by atoms with Crippen molar-refractivity contribution < 1.29 is 31.5 Å². The molecule has 0 aromatic heterocycles. The summed E-state index contributed by atoms with van der Waals surface area (Å²) in [5.74, 6) is -0.312. The van der Waals surface area contributed by atoms with Crippen LogP contribution >= 0.6 is 0 Å². The third kappa shape index (κ3) is 7.26. The summed E-state index contributed by atoms with van der Waals surface area (Å²) in [6.07, 6.45) is -0.822. The predicted octanol–water partition coefficient (Wildman–Crippen LogP) is 0.720. The number of aliphatic hydroxyl groups excluding tert-OH is 1. The lowest BCUT2D eigenvalue weighted by atomic mass is 10.4. The van der Waals surface area contributed by atoms with Gasteiger partial charge in [0.2, 0.25) is 6.23 Å². The molecular weight excluding hydrogens is 274 g/mol. The number of esters is 1. The molecule has 1 unspecified atom stereocenters. The summed E-state index contributed by atoms with van der Waals surface area (Å²) < 4.78 is 33.6. The van der Waals surface area contributed by atoms with Gasteiger partial charge in [-0.1, -0.05) is 13.5 Å². The molecule has 114 valence electrons. The lowest BCUT2D eigenvalue weighted by molar-refractivity contribution is -0.823. The van der Waals surface area contributed by atoms with Gasteiger partial charge >= 0.3 is 16.3 Å². The number of ether oxygens (including phenoxy) is 1. The summed E-state index contributed by atoms with van der Waals surface area (Å²) in [5, 5.41) is 9.15. The van der Waals surface area contributed by atoms with Crippen LogP contribution in [0.3, 0.4) is 0 Å². The molecule has 0 fully saturated rings. The van der Waals surface area contributed by atoms with E-state index in [0.29, 0.717) is 12.2 Å². The van der Waals surface area contributed by atoms with Gasteiger partial charge < -0.3 is 9.84 Å². The summed E-state index contributed by atoms with van der Waals surface area (Å²) >= 11 is 0. The highest BCUT2D eigenvalue weighted by Crippen LogP contribution is 2.12. The molecule has 0 saturated heterocycles. The number of hydrogen-bond acceptors (Lipinski definition) is 5. The molecule has 0 aliphatic rings. The second kappa shape index (κ2) is 8.26. The third-order valence-electron chi connectivity index (χ3n) is 2.30. The zero-order valence-corrected chi connectivity index (χ0v) is 12.9. The molecule has 0 amide bonds. The van der Waals surface area contributed by atoms with E-state index < -0.39 is 20.4 Å². The summed E-state index contributed by atoms with van der Waals surface area (Å²) in [7, 11) is -1.77. The Balaban J connectivity index is 0. The number of carbonyl (C=O) groups is 1. The van der Waals surface area contributed by atoms with Crippen LogP contribution in [-0.2, 0) is 19.8 Å². The Hall–Kier alpha value is -0.960. The maximum atomic E-state index is 10.6. The van der Waals surface area contributed by atoms with Crippen molar-refractivity contribution >= 4 is 16.3 Å². The molecule has 2 N–H and O–H groups in total. The first-order valence-corrected chi connectivity index (χ1v) is 7.13. The van der Waals surface area contributed by atoms with Crippen LogP contribution in [0, 0.1) is 0 Å². The highest BCUT2D eigenvalue weighted by atomic mass is 32.2. The molecule has 0 heterocycles. The number of hydrogen-bond donors (Lipinski definition) is 2. The Bertz CT molecular complexity index is 401. The molecule has 7 nitrogen and oxygen atoms in total. The summed E-state index contributed by atoms with van der Waals surface area (Å²) in [5.41, 5.74) is 0.451. The highest BCUT2D eigenvalue weighted by molar-refractivity contribution is 7.80. The van der Waals surface area contributed by atoms with E-state index in [1.54, 1.807) is 20.8 Å². The fourth-order valence-electron chi connectivity index (χ4n) is 0.848. The van der Waals surface area contributed by atoms with Crippen LogP contribution in [0.4, 0.5) is 0 Å². The molecule has 0 spiro atoms. The van der Waals surface area contributed by atoms with Crippen LogP contribution < -0.4 is 0 Å². The molecule has 0 aliphatic heterocycles. The Labute approximate surface area is 115 Å². The van der Waals surface area contributed by atoms with Gasteiger partial charge in [0.1, 0.15) is 0 Å². The quantitative estimate of drug-likeness (QED) is 0.255. The topological polar surface area (TPSA) is 101 Å². The maximum Gasteiger partial charge on any atom is 0.434 e. The summed E-state index contributed by atoms with van der Waals surface area (Å²) in [4.78, 5) is 10.4. The minimum Gasteiger partial charge on any atom is -0.463 e. The fourth-order valence-corrected chi connectivity index (χ4v) is 1.30. The first kappa shape index (κ1) is 20.4. The first-order valence-electron chi connectivity index (χ1n) is 5.73. The van der Waals surface area contributed by atoms with E-state index in [1.807, 2.05) is 0 Å². The van der Waals surface area contributed by atoms with Crippen molar-refractivity contribution in [3.63, 3.8) is 0 Å². The zero-order chi connectivity index (χ0) is 15.9. The smallest absolute Gasteiger partial charge is 0.434 e. The van der Waals surface area contributed by atoms with Crippen molar-refractivity contribution in [3.8, 4) is 0 Å².